The zero-order chi connectivity index (χ0) is 19.5. The summed E-state index contributed by atoms with van der Waals surface area (Å²) in [6, 6.07) is 5.31. The normalized spacial score (nSPS) is 30.7. The molecular weight excluding hydrogens is 347 g/mol. The largest absolute Gasteiger partial charge is 0.490 e. The molecule has 0 heterocycles. The SMILES string of the molecule is CC(C)=Cc1ccc(OCC2CCC(C3CCC(C4CC4)CC3)CC2)c(F)c1. The summed E-state index contributed by atoms with van der Waals surface area (Å²) < 4.78 is 20.2. The highest BCUT2D eigenvalue weighted by molar-refractivity contribution is 5.53. The molecule has 2 heteroatoms. The molecule has 0 spiro atoms. The molecule has 0 N–H and O–H groups in total. The highest BCUT2D eigenvalue weighted by Crippen LogP contribution is 2.48. The third-order valence-electron chi connectivity index (χ3n) is 7.55. The Morgan fingerprint density at radius 3 is 1.82 bits per heavy atom. The highest BCUT2D eigenvalue weighted by Gasteiger charge is 2.36. The van der Waals surface area contributed by atoms with Crippen LogP contribution in [0.5, 0.6) is 5.75 Å². The summed E-state index contributed by atoms with van der Waals surface area (Å²) in [6.07, 6.45) is 16.2. The van der Waals surface area contributed by atoms with Crippen molar-refractivity contribution in [3.05, 3.63) is 35.2 Å². The molecule has 28 heavy (non-hydrogen) atoms. The summed E-state index contributed by atoms with van der Waals surface area (Å²) in [6.45, 7) is 4.72. The number of hydrogen-bond donors (Lipinski definition) is 0. The first kappa shape index (κ1) is 20.0. The van der Waals surface area contributed by atoms with E-state index < -0.39 is 0 Å². The number of ether oxygens (including phenoxy) is 1. The Labute approximate surface area is 170 Å². The predicted octanol–water partition coefficient (Wildman–Crippen LogP) is 7.65. The van der Waals surface area contributed by atoms with Gasteiger partial charge in [-0.25, -0.2) is 4.39 Å². The fraction of sp³-hybridized carbons (Fsp3) is 0.692. The summed E-state index contributed by atoms with van der Waals surface area (Å²) in [5.74, 6) is 4.86. The molecule has 0 saturated heterocycles. The van der Waals surface area contributed by atoms with E-state index in [-0.39, 0.29) is 5.82 Å². The highest BCUT2D eigenvalue weighted by atomic mass is 19.1. The van der Waals surface area contributed by atoms with Crippen LogP contribution in [-0.2, 0) is 0 Å². The summed E-state index contributed by atoms with van der Waals surface area (Å²) >= 11 is 0. The van der Waals surface area contributed by atoms with Gasteiger partial charge in [0.2, 0.25) is 0 Å². The maximum Gasteiger partial charge on any atom is 0.165 e. The molecular formula is C26H37FO. The smallest absolute Gasteiger partial charge is 0.165 e. The molecule has 1 aromatic carbocycles. The molecule has 0 aliphatic heterocycles. The molecule has 0 atom stereocenters. The Morgan fingerprint density at radius 2 is 1.36 bits per heavy atom. The maximum absolute atomic E-state index is 14.3. The molecule has 3 aliphatic rings. The Hall–Kier alpha value is -1.31. The summed E-state index contributed by atoms with van der Waals surface area (Å²) in [5.41, 5.74) is 2.08. The van der Waals surface area contributed by atoms with E-state index in [2.05, 4.69) is 0 Å². The molecule has 0 amide bonds. The molecule has 0 aromatic heterocycles. The van der Waals surface area contributed by atoms with Crippen LogP contribution < -0.4 is 4.74 Å². The van der Waals surface area contributed by atoms with Gasteiger partial charge in [-0.3, -0.25) is 0 Å². The lowest BCUT2D eigenvalue weighted by Crippen LogP contribution is -2.28. The molecule has 3 aliphatic carbocycles. The van der Waals surface area contributed by atoms with Gasteiger partial charge >= 0.3 is 0 Å². The number of benzene rings is 1. The van der Waals surface area contributed by atoms with Crippen molar-refractivity contribution in [3.8, 4) is 5.75 Å². The molecule has 4 rings (SSSR count). The molecule has 154 valence electrons. The number of hydrogen-bond acceptors (Lipinski definition) is 1. The van der Waals surface area contributed by atoms with E-state index >= 15 is 0 Å². The monoisotopic (exact) mass is 384 g/mol. The molecule has 1 aromatic rings. The van der Waals surface area contributed by atoms with Crippen molar-refractivity contribution in [1.29, 1.82) is 0 Å². The quantitative estimate of drug-likeness (QED) is 0.489. The molecule has 3 fully saturated rings. The zero-order valence-electron chi connectivity index (χ0n) is 17.8. The lowest BCUT2D eigenvalue weighted by Gasteiger charge is -2.38. The molecule has 3 saturated carbocycles. The lowest BCUT2D eigenvalue weighted by atomic mass is 9.68. The van der Waals surface area contributed by atoms with E-state index in [1.807, 2.05) is 26.0 Å². The van der Waals surface area contributed by atoms with E-state index in [4.69, 9.17) is 4.74 Å². The van der Waals surface area contributed by atoms with Crippen LogP contribution in [0.3, 0.4) is 0 Å². The van der Waals surface area contributed by atoms with Gasteiger partial charge in [0.25, 0.3) is 0 Å². The van der Waals surface area contributed by atoms with Gasteiger partial charge in [-0.05, 0) is 125 Å². The average molecular weight is 385 g/mol. The van der Waals surface area contributed by atoms with Crippen LogP contribution >= 0.6 is 0 Å². The van der Waals surface area contributed by atoms with Crippen LogP contribution in [0.2, 0.25) is 0 Å². The second-order valence-electron chi connectivity index (χ2n) is 10.0. The van der Waals surface area contributed by atoms with Crippen LogP contribution in [0.1, 0.15) is 83.6 Å². The van der Waals surface area contributed by atoms with Gasteiger partial charge in [-0.1, -0.05) is 17.7 Å². The predicted molar refractivity (Wildman–Crippen MR) is 115 cm³/mol. The summed E-state index contributed by atoms with van der Waals surface area (Å²) in [5, 5.41) is 0. The number of halogens is 1. The Bertz CT molecular complexity index is 670. The first-order valence-electron chi connectivity index (χ1n) is 11.7. The van der Waals surface area contributed by atoms with Crippen LogP contribution in [0, 0.1) is 35.4 Å². The van der Waals surface area contributed by atoms with Gasteiger partial charge in [-0.15, -0.1) is 0 Å². The fourth-order valence-corrected chi connectivity index (χ4v) is 5.75. The second-order valence-corrected chi connectivity index (χ2v) is 10.0. The van der Waals surface area contributed by atoms with Gasteiger partial charge in [0.05, 0.1) is 6.61 Å². The van der Waals surface area contributed by atoms with Gasteiger partial charge < -0.3 is 4.74 Å². The van der Waals surface area contributed by atoms with Crippen LogP contribution in [0.4, 0.5) is 4.39 Å². The van der Waals surface area contributed by atoms with Crippen molar-refractivity contribution in [2.45, 2.75) is 78.1 Å². The number of allylic oxidation sites excluding steroid dienone is 1. The molecule has 1 nitrogen and oxygen atoms in total. The van der Waals surface area contributed by atoms with Crippen molar-refractivity contribution in [3.63, 3.8) is 0 Å². The third-order valence-corrected chi connectivity index (χ3v) is 7.55. The Kier molecular flexibility index (Phi) is 6.43. The number of rotatable bonds is 6. The van der Waals surface area contributed by atoms with E-state index in [0.717, 1.165) is 29.2 Å². The summed E-state index contributed by atoms with van der Waals surface area (Å²) in [7, 11) is 0. The standard InChI is InChI=1S/C26H37FO/c1-18(2)15-20-5-14-26(25(27)16-20)28-17-19-3-6-21(7-4-19)22-8-10-23(11-9-22)24-12-13-24/h5,14-16,19,21-24H,3-4,6-13,17H2,1-2H3. The molecule has 0 radical (unpaired) electrons. The van der Waals surface area contributed by atoms with E-state index in [1.54, 1.807) is 12.1 Å². The fourth-order valence-electron chi connectivity index (χ4n) is 5.75. The van der Waals surface area contributed by atoms with Crippen molar-refractivity contribution in [1.82, 2.24) is 0 Å². The zero-order valence-corrected chi connectivity index (χ0v) is 17.8. The van der Waals surface area contributed by atoms with E-state index in [9.17, 15) is 4.39 Å². The first-order valence-corrected chi connectivity index (χ1v) is 11.7. The minimum Gasteiger partial charge on any atom is -0.490 e. The van der Waals surface area contributed by atoms with Gasteiger partial charge in [0.15, 0.2) is 11.6 Å². The van der Waals surface area contributed by atoms with Crippen LogP contribution in [0.25, 0.3) is 6.08 Å². The minimum atomic E-state index is -0.240. The van der Waals surface area contributed by atoms with Gasteiger partial charge in [0.1, 0.15) is 0 Å². The van der Waals surface area contributed by atoms with Crippen molar-refractivity contribution in [2.75, 3.05) is 6.61 Å². The minimum absolute atomic E-state index is 0.240. The Morgan fingerprint density at radius 1 is 0.857 bits per heavy atom. The second kappa shape index (κ2) is 9.01. The van der Waals surface area contributed by atoms with Crippen LogP contribution in [-0.4, -0.2) is 6.61 Å². The van der Waals surface area contributed by atoms with Crippen molar-refractivity contribution in [2.24, 2.45) is 29.6 Å². The van der Waals surface area contributed by atoms with Crippen LogP contribution in [0.15, 0.2) is 23.8 Å². The third kappa shape index (κ3) is 5.19. The van der Waals surface area contributed by atoms with Crippen molar-refractivity contribution >= 4 is 6.08 Å². The maximum atomic E-state index is 14.3. The van der Waals surface area contributed by atoms with Gasteiger partial charge in [0, 0.05) is 0 Å². The summed E-state index contributed by atoms with van der Waals surface area (Å²) in [4.78, 5) is 0. The first-order chi connectivity index (χ1) is 13.6. The van der Waals surface area contributed by atoms with E-state index in [1.165, 1.54) is 69.8 Å². The Balaban J connectivity index is 1.20. The van der Waals surface area contributed by atoms with E-state index in [0.29, 0.717) is 18.3 Å². The molecule has 0 bridgehead atoms. The molecule has 0 unspecified atom stereocenters. The average Bonchev–Trinajstić information content (AvgIpc) is 3.53. The van der Waals surface area contributed by atoms with Crippen molar-refractivity contribution < 1.29 is 9.13 Å². The topological polar surface area (TPSA) is 9.23 Å². The lowest BCUT2D eigenvalue weighted by molar-refractivity contribution is 0.118. The van der Waals surface area contributed by atoms with Gasteiger partial charge in [-0.2, -0.15) is 0 Å².